The summed E-state index contributed by atoms with van der Waals surface area (Å²) in [6, 6.07) is 6.40. The quantitative estimate of drug-likeness (QED) is 0.763. The summed E-state index contributed by atoms with van der Waals surface area (Å²) in [5.74, 6) is -0.254. The minimum absolute atomic E-state index is 0.142. The van der Waals surface area contributed by atoms with Crippen LogP contribution in [0.3, 0.4) is 0 Å². The highest BCUT2D eigenvalue weighted by molar-refractivity contribution is 5.47. The Labute approximate surface area is 87.4 Å². The minimum atomic E-state index is -0.254. The first-order chi connectivity index (χ1) is 7.31. The molecule has 5 heteroatoms. The fraction of sp³-hybridized carbons (Fsp3) is 0.400. The van der Waals surface area contributed by atoms with E-state index in [1.54, 1.807) is 13.2 Å². The number of ether oxygens (including phenoxy) is 1. The molecule has 0 radical (unpaired) electrons. The van der Waals surface area contributed by atoms with Crippen molar-refractivity contribution in [3.8, 4) is 0 Å². The molecule has 4 nitrogen and oxygen atoms in total. The average molecular weight is 209 g/mol. The lowest BCUT2D eigenvalue weighted by molar-refractivity contribution is 0.182. The Morgan fingerprint density at radius 1 is 1.60 bits per heavy atom. The molecule has 1 atom stereocenters. The Morgan fingerprint density at radius 2 is 2.47 bits per heavy atom. The van der Waals surface area contributed by atoms with E-state index in [2.05, 4.69) is 10.2 Å². The van der Waals surface area contributed by atoms with Crippen molar-refractivity contribution in [2.24, 2.45) is 10.2 Å². The fourth-order valence-corrected chi connectivity index (χ4v) is 1.54. The van der Waals surface area contributed by atoms with Gasteiger partial charge in [0, 0.05) is 12.8 Å². The highest BCUT2D eigenvalue weighted by atomic mass is 19.1. The summed E-state index contributed by atoms with van der Waals surface area (Å²) < 4.78 is 18.0. The van der Waals surface area contributed by atoms with Gasteiger partial charge >= 0.3 is 0 Å². The predicted octanol–water partition coefficient (Wildman–Crippen LogP) is 2.03. The molecule has 0 bridgehead atoms. The fourth-order valence-electron chi connectivity index (χ4n) is 1.54. The highest BCUT2D eigenvalue weighted by Gasteiger charge is 2.22. The van der Waals surface area contributed by atoms with E-state index in [4.69, 9.17) is 4.74 Å². The second-order valence-corrected chi connectivity index (χ2v) is 3.28. The maximum atomic E-state index is 13.0. The molecule has 2 rings (SSSR count). The van der Waals surface area contributed by atoms with Crippen LogP contribution in [-0.4, -0.2) is 26.6 Å². The first-order valence-electron chi connectivity index (χ1n) is 4.69. The van der Waals surface area contributed by atoms with E-state index < -0.39 is 0 Å². The van der Waals surface area contributed by atoms with Crippen LogP contribution in [0, 0.1) is 5.82 Å². The number of nitrogens with zero attached hydrogens (tertiary/aromatic N) is 3. The van der Waals surface area contributed by atoms with Gasteiger partial charge in [0.2, 0.25) is 0 Å². The molecule has 0 saturated heterocycles. The maximum absolute atomic E-state index is 13.0. The predicted molar refractivity (Wildman–Crippen MR) is 54.3 cm³/mol. The summed E-state index contributed by atoms with van der Waals surface area (Å²) in [4.78, 5) is 1.90. The average Bonchev–Trinajstić information content (AvgIpc) is 2.66. The van der Waals surface area contributed by atoms with Gasteiger partial charge in [-0.25, -0.2) is 4.39 Å². The first kappa shape index (κ1) is 10.0. The van der Waals surface area contributed by atoms with Crippen LogP contribution >= 0.6 is 0 Å². The highest BCUT2D eigenvalue weighted by Crippen LogP contribution is 2.22. The van der Waals surface area contributed by atoms with E-state index in [9.17, 15) is 4.39 Å². The topological polar surface area (TPSA) is 37.2 Å². The van der Waals surface area contributed by atoms with Crippen LogP contribution in [0.25, 0.3) is 0 Å². The zero-order valence-corrected chi connectivity index (χ0v) is 8.43. The Bertz CT molecular complexity index is 369. The number of anilines is 1. The van der Waals surface area contributed by atoms with E-state index in [0.717, 1.165) is 5.69 Å². The van der Waals surface area contributed by atoms with Crippen molar-refractivity contribution in [3.63, 3.8) is 0 Å². The molecule has 0 fully saturated rings. The van der Waals surface area contributed by atoms with Crippen molar-refractivity contribution in [1.82, 2.24) is 0 Å². The molecule has 0 spiro atoms. The largest absolute Gasteiger partial charge is 0.380 e. The molecule has 1 aromatic carbocycles. The molecule has 1 aromatic rings. The van der Waals surface area contributed by atoms with Crippen molar-refractivity contribution in [2.45, 2.75) is 6.17 Å². The van der Waals surface area contributed by atoms with Crippen LogP contribution in [0.15, 0.2) is 34.5 Å². The molecule has 0 saturated carbocycles. The second kappa shape index (κ2) is 4.35. The number of methoxy groups -OCH3 is 1. The van der Waals surface area contributed by atoms with Gasteiger partial charge in [-0.3, -0.25) is 0 Å². The summed E-state index contributed by atoms with van der Waals surface area (Å²) in [6.07, 6.45) is -0.142. The lowest BCUT2D eigenvalue weighted by Gasteiger charge is -2.22. The molecule has 0 N–H and O–H groups in total. The summed E-state index contributed by atoms with van der Waals surface area (Å²) >= 11 is 0. The van der Waals surface area contributed by atoms with Gasteiger partial charge in [0.1, 0.15) is 12.5 Å². The number of hydrogen-bond acceptors (Lipinski definition) is 4. The molecule has 1 aliphatic rings. The van der Waals surface area contributed by atoms with Gasteiger partial charge in [0.05, 0.1) is 6.61 Å². The molecule has 0 amide bonds. The number of rotatable bonds is 3. The third kappa shape index (κ3) is 2.12. The minimum Gasteiger partial charge on any atom is -0.380 e. The smallest absolute Gasteiger partial charge is 0.167 e. The monoisotopic (exact) mass is 209 g/mol. The number of benzene rings is 1. The summed E-state index contributed by atoms with van der Waals surface area (Å²) in [5, 5.41) is 7.94. The molecule has 80 valence electrons. The standard InChI is InChI=1S/C10H12FN3O/c1-15-6-10-13-12-7-14(10)9-4-2-3-8(11)5-9/h2-5,10H,6-7H2,1H3. The molecular weight excluding hydrogens is 197 g/mol. The van der Waals surface area contributed by atoms with E-state index in [-0.39, 0.29) is 12.0 Å². The Kier molecular flexibility index (Phi) is 2.91. The molecule has 1 heterocycles. The van der Waals surface area contributed by atoms with Crippen molar-refractivity contribution >= 4 is 5.69 Å². The van der Waals surface area contributed by atoms with E-state index in [0.29, 0.717) is 13.3 Å². The van der Waals surface area contributed by atoms with Crippen LogP contribution < -0.4 is 4.90 Å². The molecular formula is C10H12FN3O. The van der Waals surface area contributed by atoms with Crippen LogP contribution in [0.4, 0.5) is 10.1 Å². The van der Waals surface area contributed by atoms with Crippen molar-refractivity contribution < 1.29 is 9.13 Å². The molecule has 1 unspecified atom stereocenters. The van der Waals surface area contributed by atoms with Crippen LogP contribution in [0.1, 0.15) is 0 Å². The van der Waals surface area contributed by atoms with E-state index in [1.165, 1.54) is 12.1 Å². The lowest BCUT2D eigenvalue weighted by Crippen LogP contribution is -2.33. The van der Waals surface area contributed by atoms with Crippen LogP contribution in [-0.2, 0) is 4.74 Å². The zero-order chi connectivity index (χ0) is 10.7. The van der Waals surface area contributed by atoms with Gasteiger partial charge in [0.15, 0.2) is 6.17 Å². The summed E-state index contributed by atoms with van der Waals surface area (Å²) in [6.45, 7) is 0.914. The van der Waals surface area contributed by atoms with Crippen LogP contribution in [0.5, 0.6) is 0 Å². The molecule has 0 aliphatic carbocycles. The van der Waals surface area contributed by atoms with Crippen molar-refractivity contribution in [3.05, 3.63) is 30.1 Å². The third-order valence-corrected chi connectivity index (χ3v) is 2.25. The molecule has 0 aromatic heterocycles. The number of azo groups is 1. The van der Waals surface area contributed by atoms with Gasteiger partial charge in [0.25, 0.3) is 0 Å². The van der Waals surface area contributed by atoms with Gasteiger partial charge in [-0.05, 0) is 18.2 Å². The summed E-state index contributed by atoms with van der Waals surface area (Å²) in [7, 11) is 1.61. The zero-order valence-electron chi connectivity index (χ0n) is 8.43. The first-order valence-corrected chi connectivity index (χ1v) is 4.69. The van der Waals surface area contributed by atoms with Crippen LogP contribution in [0.2, 0.25) is 0 Å². The molecule has 1 aliphatic heterocycles. The molecule has 15 heavy (non-hydrogen) atoms. The van der Waals surface area contributed by atoms with Gasteiger partial charge in [-0.2, -0.15) is 10.2 Å². The summed E-state index contributed by atoms with van der Waals surface area (Å²) in [5.41, 5.74) is 0.780. The third-order valence-electron chi connectivity index (χ3n) is 2.25. The SMILES string of the molecule is COCC1N=NCN1c1cccc(F)c1. The van der Waals surface area contributed by atoms with Crippen molar-refractivity contribution in [1.29, 1.82) is 0 Å². The van der Waals surface area contributed by atoms with Gasteiger partial charge in [-0.15, -0.1) is 0 Å². The van der Waals surface area contributed by atoms with Crippen molar-refractivity contribution in [2.75, 3.05) is 25.3 Å². The van der Waals surface area contributed by atoms with Gasteiger partial charge < -0.3 is 9.64 Å². The lowest BCUT2D eigenvalue weighted by atomic mass is 10.2. The second-order valence-electron chi connectivity index (χ2n) is 3.28. The Morgan fingerprint density at radius 3 is 3.20 bits per heavy atom. The van der Waals surface area contributed by atoms with Gasteiger partial charge in [-0.1, -0.05) is 6.07 Å². The van der Waals surface area contributed by atoms with E-state index in [1.807, 2.05) is 11.0 Å². The maximum Gasteiger partial charge on any atom is 0.167 e. The Balaban J connectivity index is 2.17. The normalized spacial score (nSPS) is 19.9. The Hall–Kier alpha value is -1.49. The number of hydrogen-bond donors (Lipinski definition) is 0. The number of halogens is 1. The van der Waals surface area contributed by atoms with E-state index >= 15 is 0 Å².